The second-order valence-corrected chi connectivity index (χ2v) is 14.7. The second-order valence-electron chi connectivity index (χ2n) is 10.6. The second kappa shape index (κ2) is 13.1. The lowest BCUT2D eigenvalue weighted by molar-refractivity contribution is -0.264. The van der Waals surface area contributed by atoms with Crippen molar-refractivity contribution in [2.24, 2.45) is 0 Å². The zero-order valence-electron chi connectivity index (χ0n) is 23.5. The van der Waals surface area contributed by atoms with Crippen LogP contribution in [0.25, 0.3) is 6.08 Å². The van der Waals surface area contributed by atoms with Crippen molar-refractivity contribution < 1.29 is 37.9 Å². The normalized spacial score (nSPS) is 36.2. The van der Waals surface area contributed by atoms with E-state index in [-0.39, 0.29) is 25.0 Å². The van der Waals surface area contributed by atoms with Crippen LogP contribution in [0.3, 0.4) is 0 Å². The summed E-state index contributed by atoms with van der Waals surface area (Å²) in [5.74, 6) is -1.75. The fourth-order valence-electron chi connectivity index (χ4n) is 5.01. The molecule has 2 N–H and O–H groups in total. The molecular weight excluding hydrogens is 589 g/mol. The minimum atomic E-state index is -2.00. The van der Waals surface area contributed by atoms with Crippen LogP contribution in [-0.2, 0) is 38.4 Å². The quantitative estimate of drug-likeness (QED) is 0.291. The number of methoxy groups -OCH3 is 1. The molecule has 2 bridgehead atoms. The third-order valence-electron chi connectivity index (χ3n) is 7.74. The molecule has 5 atom stereocenters. The highest BCUT2D eigenvalue weighted by Crippen LogP contribution is 2.50. The van der Waals surface area contributed by atoms with E-state index in [9.17, 15) is 23.7 Å². The number of fused-ring (bicyclic) bond motifs is 2. The Morgan fingerprint density at radius 1 is 1.17 bits per heavy atom. The van der Waals surface area contributed by atoms with E-state index in [1.807, 2.05) is 5.38 Å². The summed E-state index contributed by atoms with van der Waals surface area (Å²) < 4.78 is 29.3. The van der Waals surface area contributed by atoms with E-state index >= 15 is 0 Å². The number of aromatic nitrogens is 1. The molecule has 0 aliphatic carbocycles. The Morgan fingerprint density at radius 2 is 1.88 bits per heavy atom. The maximum atomic E-state index is 13.4. The molecule has 4 heterocycles. The lowest BCUT2D eigenvalue weighted by Gasteiger charge is -2.37. The first-order chi connectivity index (χ1) is 19.4. The van der Waals surface area contributed by atoms with Crippen LogP contribution in [0, 0.1) is 0 Å². The molecule has 2 fully saturated rings. The number of nitrogens with one attached hydrogen (secondary N) is 1. The van der Waals surface area contributed by atoms with Crippen LogP contribution in [-0.4, -0.2) is 73.7 Å². The van der Waals surface area contributed by atoms with Crippen molar-refractivity contribution >= 4 is 54.8 Å². The summed E-state index contributed by atoms with van der Waals surface area (Å²) in [6.45, 7) is 5.77. The number of rotatable bonds is 3. The average molecular weight is 625 g/mol. The Morgan fingerprint density at radius 3 is 2.54 bits per heavy atom. The minimum Gasteiger partial charge on any atom is -0.381 e. The summed E-state index contributed by atoms with van der Waals surface area (Å²) >= 11 is 1.37. The van der Waals surface area contributed by atoms with Crippen LogP contribution >= 0.6 is 22.1 Å². The lowest BCUT2D eigenvalue weighted by Crippen LogP contribution is -2.55. The number of hydrogen-bond donors (Lipinski definition) is 2. The number of thiazole rings is 1. The van der Waals surface area contributed by atoms with Gasteiger partial charge >= 0.3 is 0 Å². The van der Waals surface area contributed by atoms with Gasteiger partial charge in [0.05, 0.1) is 34.8 Å². The van der Waals surface area contributed by atoms with Gasteiger partial charge in [-0.1, -0.05) is 17.7 Å². The van der Waals surface area contributed by atoms with Gasteiger partial charge in [0.15, 0.2) is 11.6 Å². The van der Waals surface area contributed by atoms with E-state index in [4.69, 9.17) is 14.2 Å². The van der Waals surface area contributed by atoms with E-state index in [2.05, 4.69) is 10.3 Å². The van der Waals surface area contributed by atoms with Gasteiger partial charge in [0.2, 0.25) is 11.0 Å². The Hall–Kier alpha value is -2.00. The van der Waals surface area contributed by atoms with Gasteiger partial charge < -0.3 is 24.6 Å². The maximum Gasteiger partial charge on any atom is 0.234 e. The van der Waals surface area contributed by atoms with Crippen molar-refractivity contribution in [2.45, 2.75) is 81.2 Å². The average Bonchev–Trinajstić information content (AvgIpc) is 3.47. The molecule has 224 valence electrons. The molecule has 1 amide bonds. The molecule has 0 saturated carbocycles. The molecule has 4 rings (SSSR count). The minimum absolute atomic E-state index is 0.0691. The molecule has 1 aromatic heterocycles. The standard InChI is InChI=1S/C28H36N2O8S3/c1-18-9-10-27(26(3,34)25(33)40-41(27)35)16-23(32)29-19(2)24-30-20(17-39-24)7-5-6-8-21(31)22(15-18)38-28(36-4)11-13-37-14-12-28/h5-8,15,17,19,22,34H,9-14,16H2,1-4H3,(H,29,32)/b7-5-,8-6+,18-15+/t19-,22-,26+,27-,41?/m1/s1. The number of allylic oxidation sites excluding steroid dienone is 3. The third-order valence-corrected chi connectivity index (χ3v) is 12.7. The van der Waals surface area contributed by atoms with Crippen molar-refractivity contribution in [1.82, 2.24) is 10.3 Å². The van der Waals surface area contributed by atoms with Crippen molar-refractivity contribution in [2.75, 3.05) is 20.3 Å². The van der Waals surface area contributed by atoms with Crippen LogP contribution in [0.2, 0.25) is 0 Å². The molecule has 1 aromatic rings. The number of carbonyl (C=O) groups excluding carboxylic acids is 3. The van der Waals surface area contributed by atoms with Crippen LogP contribution in [0.5, 0.6) is 0 Å². The molecule has 1 unspecified atom stereocenters. The number of ketones is 1. The number of nitrogens with zero attached hydrogens (tertiary/aromatic N) is 1. The first kappa shape index (κ1) is 31.9. The topological polar surface area (TPSA) is 141 Å². The summed E-state index contributed by atoms with van der Waals surface area (Å²) in [6, 6.07) is -0.441. The molecule has 13 heteroatoms. The molecule has 0 aromatic carbocycles. The van der Waals surface area contributed by atoms with Crippen molar-refractivity contribution in [3.05, 3.63) is 46.0 Å². The van der Waals surface area contributed by atoms with E-state index < -0.39 is 49.1 Å². The zero-order chi connectivity index (χ0) is 29.8. The summed E-state index contributed by atoms with van der Waals surface area (Å²) in [7, 11) is 0.216. The summed E-state index contributed by atoms with van der Waals surface area (Å²) in [5, 5.41) is 16.0. The van der Waals surface area contributed by atoms with E-state index in [0.717, 1.165) is 0 Å². The van der Waals surface area contributed by atoms with Gasteiger partial charge in [-0.15, -0.1) is 11.3 Å². The Labute approximate surface area is 249 Å². The van der Waals surface area contributed by atoms with Crippen LogP contribution in [0.15, 0.2) is 35.3 Å². The van der Waals surface area contributed by atoms with Crippen LogP contribution in [0.4, 0.5) is 0 Å². The Balaban J connectivity index is 1.72. The predicted molar refractivity (Wildman–Crippen MR) is 158 cm³/mol. The molecule has 10 nitrogen and oxygen atoms in total. The Kier molecular flexibility index (Phi) is 10.2. The van der Waals surface area contributed by atoms with Crippen molar-refractivity contribution in [3.63, 3.8) is 0 Å². The molecule has 2 saturated heterocycles. The fraction of sp³-hybridized carbons (Fsp3) is 0.571. The van der Waals surface area contributed by atoms with E-state index in [1.165, 1.54) is 31.4 Å². The number of hydrogen-bond acceptors (Lipinski definition) is 11. The summed E-state index contributed by atoms with van der Waals surface area (Å²) in [6.07, 6.45) is 8.12. The molecular formula is C28H36N2O8S3. The first-order valence-corrected chi connectivity index (χ1v) is 16.8. The molecule has 3 aliphatic heterocycles. The van der Waals surface area contributed by atoms with Gasteiger partial charge in [-0.3, -0.25) is 14.4 Å². The molecule has 41 heavy (non-hydrogen) atoms. The van der Waals surface area contributed by atoms with Crippen LogP contribution in [0.1, 0.15) is 69.6 Å². The lowest BCUT2D eigenvalue weighted by atomic mass is 9.81. The van der Waals surface area contributed by atoms with Gasteiger partial charge in [0, 0.05) is 42.5 Å². The van der Waals surface area contributed by atoms with E-state index in [0.29, 0.717) is 53.1 Å². The first-order valence-electron chi connectivity index (χ1n) is 13.4. The molecule has 3 aliphatic rings. The predicted octanol–water partition coefficient (Wildman–Crippen LogP) is 3.55. The highest BCUT2D eigenvalue weighted by atomic mass is 33.1. The Bertz CT molecular complexity index is 1280. The van der Waals surface area contributed by atoms with Crippen molar-refractivity contribution in [1.29, 1.82) is 0 Å². The zero-order valence-corrected chi connectivity index (χ0v) is 26.0. The molecule has 0 radical (unpaired) electrons. The summed E-state index contributed by atoms with van der Waals surface area (Å²) in [5.41, 5.74) is -0.627. The highest BCUT2D eigenvalue weighted by molar-refractivity contribution is 8.76. The number of ether oxygens (including phenoxy) is 3. The summed E-state index contributed by atoms with van der Waals surface area (Å²) in [4.78, 5) is 43.8. The van der Waals surface area contributed by atoms with Gasteiger partial charge in [0.1, 0.15) is 21.5 Å². The largest absolute Gasteiger partial charge is 0.381 e. The van der Waals surface area contributed by atoms with Crippen molar-refractivity contribution in [3.8, 4) is 0 Å². The number of amides is 1. The monoisotopic (exact) mass is 624 g/mol. The highest BCUT2D eigenvalue weighted by Gasteiger charge is 2.63. The SMILES string of the molecule is COC1(O[C@@H]2/C=C(\C)CC[C@]3(CC(=O)N[C@H](C)c4nc(cs4)/C=C\C=C\C2=O)S(=O)SC(=O)[C@]3(C)O)CCOCC1. The number of aliphatic hydroxyl groups is 1. The maximum absolute atomic E-state index is 13.4. The van der Waals surface area contributed by atoms with Gasteiger partial charge in [-0.2, -0.15) is 0 Å². The van der Waals surface area contributed by atoms with Gasteiger partial charge in [-0.05, 0) is 51.8 Å². The van der Waals surface area contributed by atoms with E-state index in [1.54, 1.807) is 38.2 Å². The molecule has 1 spiro atoms. The van der Waals surface area contributed by atoms with Crippen LogP contribution < -0.4 is 5.32 Å². The van der Waals surface area contributed by atoms with Gasteiger partial charge in [0.25, 0.3) is 0 Å². The number of carbonyl (C=O) groups is 3. The fourth-order valence-corrected chi connectivity index (χ4v) is 9.75. The van der Waals surface area contributed by atoms with Gasteiger partial charge in [-0.25, -0.2) is 9.19 Å². The smallest absolute Gasteiger partial charge is 0.234 e. The third kappa shape index (κ3) is 6.98.